The summed E-state index contributed by atoms with van der Waals surface area (Å²) < 4.78 is 0. The van der Waals surface area contributed by atoms with E-state index >= 15 is 0 Å². The molecule has 0 bridgehead atoms. The highest BCUT2D eigenvalue weighted by molar-refractivity contribution is 7.16. The van der Waals surface area contributed by atoms with Gasteiger partial charge in [-0.15, -0.1) is 11.3 Å². The van der Waals surface area contributed by atoms with Gasteiger partial charge in [0.25, 0.3) is 0 Å². The molecule has 1 amide bonds. The highest BCUT2D eigenvalue weighted by atomic mass is 32.1. The average Bonchev–Trinajstić information content (AvgIpc) is 2.84. The van der Waals surface area contributed by atoms with E-state index in [9.17, 15) is 4.79 Å². The molecule has 0 saturated heterocycles. The van der Waals surface area contributed by atoms with Crippen LogP contribution in [0.15, 0.2) is 24.5 Å². The van der Waals surface area contributed by atoms with Crippen molar-refractivity contribution in [2.75, 3.05) is 5.32 Å². The summed E-state index contributed by atoms with van der Waals surface area (Å²) in [7, 11) is 0. The van der Waals surface area contributed by atoms with Gasteiger partial charge in [-0.1, -0.05) is 6.92 Å². The Morgan fingerprint density at radius 1 is 1.29 bits per heavy atom. The maximum atomic E-state index is 12.1. The lowest BCUT2D eigenvalue weighted by molar-refractivity contribution is -0.116. The van der Waals surface area contributed by atoms with Crippen LogP contribution in [-0.2, 0) is 17.6 Å². The molecular formula is C17H18N2OS. The molecule has 3 nitrogen and oxygen atoms in total. The van der Waals surface area contributed by atoms with Crippen LogP contribution in [0.1, 0.15) is 47.3 Å². The number of carbonyl (C=O) groups excluding carboxylic acids is 1. The number of aromatic nitrogens is 1. The van der Waals surface area contributed by atoms with Crippen LogP contribution in [0.3, 0.4) is 0 Å². The summed E-state index contributed by atoms with van der Waals surface area (Å²) in [5.41, 5.74) is 4.10. The van der Waals surface area contributed by atoms with Crippen LogP contribution in [0.5, 0.6) is 0 Å². The Hall–Kier alpha value is -1.68. The van der Waals surface area contributed by atoms with Gasteiger partial charge in [-0.05, 0) is 54.0 Å². The highest BCUT2D eigenvalue weighted by Gasteiger charge is 2.34. The molecule has 0 spiro atoms. The van der Waals surface area contributed by atoms with E-state index in [0.717, 1.165) is 23.8 Å². The maximum absolute atomic E-state index is 12.1. The van der Waals surface area contributed by atoms with Crippen molar-refractivity contribution in [2.45, 2.75) is 38.5 Å². The smallest absolute Gasteiger partial charge is 0.225 e. The summed E-state index contributed by atoms with van der Waals surface area (Å²) in [6.45, 7) is 2.32. The van der Waals surface area contributed by atoms with Gasteiger partial charge in [0.1, 0.15) is 0 Å². The molecule has 0 saturated carbocycles. The summed E-state index contributed by atoms with van der Waals surface area (Å²) in [5, 5.41) is 4.19. The van der Waals surface area contributed by atoms with Gasteiger partial charge in [0.05, 0.1) is 5.00 Å². The molecule has 2 aromatic rings. The van der Waals surface area contributed by atoms with Crippen LogP contribution in [0.2, 0.25) is 0 Å². The second-order valence-corrected chi connectivity index (χ2v) is 7.29. The maximum Gasteiger partial charge on any atom is 0.225 e. The molecule has 0 radical (unpaired) electrons. The number of fused-ring (bicyclic) bond motifs is 3. The van der Waals surface area contributed by atoms with Crippen molar-refractivity contribution in [3.63, 3.8) is 0 Å². The first kappa shape index (κ1) is 13.0. The Bertz CT molecular complexity index is 692. The number of carbonyl (C=O) groups is 1. The van der Waals surface area contributed by atoms with Gasteiger partial charge in [-0.25, -0.2) is 0 Å². The van der Waals surface area contributed by atoms with Gasteiger partial charge in [0.2, 0.25) is 5.91 Å². The van der Waals surface area contributed by atoms with E-state index in [1.165, 1.54) is 28.0 Å². The van der Waals surface area contributed by atoms with E-state index in [-0.39, 0.29) is 11.8 Å². The molecule has 3 heterocycles. The second kappa shape index (κ2) is 4.95. The van der Waals surface area contributed by atoms with E-state index in [2.05, 4.69) is 17.2 Å². The third-order valence-corrected chi connectivity index (χ3v) is 5.84. The Morgan fingerprint density at radius 2 is 2.10 bits per heavy atom. The summed E-state index contributed by atoms with van der Waals surface area (Å²) in [5.74, 6) is 1.09. The topological polar surface area (TPSA) is 42.0 Å². The number of rotatable bonds is 1. The van der Waals surface area contributed by atoms with Crippen molar-refractivity contribution in [3.05, 3.63) is 46.1 Å². The molecule has 108 valence electrons. The molecule has 0 aromatic carbocycles. The number of pyridine rings is 1. The number of thiophene rings is 1. The van der Waals surface area contributed by atoms with Crippen LogP contribution in [0.4, 0.5) is 5.00 Å². The van der Waals surface area contributed by atoms with Crippen molar-refractivity contribution in [2.24, 2.45) is 5.92 Å². The summed E-state index contributed by atoms with van der Waals surface area (Å²) >= 11 is 1.80. The number of hydrogen-bond donors (Lipinski definition) is 1. The average molecular weight is 298 g/mol. The number of nitrogens with zero attached hydrogens (tertiary/aromatic N) is 1. The Morgan fingerprint density at radius 3 is 2.90 bits per heavy atom. The molecule has 2 aromatic heterocycles. The quantitative estimate of drug-likeness (QED) is 0.871. The van der Waals surface area contributed by atoms with Crippen LogP contribution < -0.4 is 5.32 Å². The first-order valence-corrected chi connectivity index (χ1v) is 8.38. The van der Waals surface area contributed by atoms with Gasteiger partial charge < -0.3 is 5.32 Å². The van der Waals surface area contributed by atoms with Gasteiger partial charge in [-0.2, -0.15) is 0 Å². The minimum Gasteiger partial charge on any atom is -0.317 e. The third-order valence-electron chi connectivity index (χ3n) is 4.65. The number of hydrogen-bond acceptors (Lipinski definition) is 3. The van der Waals surface area contributed by atoms with Crippen molar-refractivity contribution in [1.82, 2.24) is 4.98 Å². The Labute approximate surface area is 128 Å². The lowest BCUT2D eigenvalue weighted by Crippen LogP contribution is -2.23. The summed E-state index contributed by atoms with van der Waals surface area (Å²) in [6, 6.07) is 4.09. The van der Waals surface area contributed by atoms with E-state index < -0.39 is 0 Å². The lowest BCUT2D eigenvalue weighted by Gasteiger charge is -2.26. The van der Waals surface area contributed by atoms with Gasteiger partial charge in [-0.3, -0.25) is 9.78 Å². The van der Waals surface area contributed by atoms with E-state index in [4.69, 9.17) is 0 Å². The predicted octanol–water partition coefficient (Wildman–Crippen LogP) is 3.74. The molecule has 0 unspecified atom stereocenters. The summed E-state index contributed by atoms with van der Waals surface area (Å²) in [6.07, 6.45) is 7.76. The fourth-order valence-corrected chi connectivity index (χ4v) is 5.07. The minimum absolute atomic E-state index is 0.135. The standard InChI is InChI=1S/C17H18N2OS/c1-10-2-3-12-14(8-10)21-17-16(12)13(9-15(20)19-17)11-4-6-18-7-5-11/h4-7,10,13H,2-3,8-9H2,1H3,(H,19,20)/t10-,13-/m1/s1. The third kappa shape index (κ3) is 2.18. The zero-order valence-corrected chi connectivity index (χ0v) is 12.9. The molecule has 1 aliphatic heterocycles. The van der Waals surface area contributed by atoms with Crippen molar-refractivity contribution >= 4 is 22.2 Å². The molecule has 21 heavy (non-hydrogen) atoms. The van der Waals surface area contributed by atoms with E-state index in [1.54, 1.807) is 11.3 Å². The molecule has 0 fully saturated rings. The van der Waals surface area contributed by atoms with Crippen LogP contribution in [0.25, 0.3) is 0 Å². The first-order chi connectivity index (χ1) is 10.2. The minimum atomic E-state index is 0.135. The lowest BCUT2D eigenvalue weighted by atomic mass is 9.80. The predicted molar refractivity (Wildman–Crippen MR) is 84.8 cm³/mol. The van der Waals surface area contributed by atoms with Gasteiger partial charge >= 0.3 is 0 Å². The largest absolute Gasteiger partial charge is 0.317 e. The normalized spacial score (nSPS) is 24.1. The van der Waals surface area contributed by atoms with Crippen LogP contribution in [0, 0.1) is 5.92 Å². The van der Waals surface area contributed by atoms with Crippen molar-refractivity contribution in [1.29, 1.82) is 0 Å². The van der Waals surface area contributed by atoms with Crippen LogP contribution in [-0.4, -0.2) is 10.9 Å². The Balaban J connectivity index is 1.84. The fraction of sp³-hybridized carbons (Fsp3) is 0.412. The zero-order valence-electron chi connectivity index (χ0n) is 12.1. The van der Waals surface area contributed by atoms with Gasteiger partial charge in [0, 0.05) is 29.6 Å². The molecule has 1 N–H and O–H groups in total. The molecule has 2 atom stereocenters. The molecule has 1 aliphatic carbocycles. The number of amides is 1. The van der Waals surface area contributed by atoms with Gasteiger partial charge in [0.15, 0.2) is 0 Å². The highest BCUT2D eigenvalue weighted by Crippen LogP contribution is 2.48. The van der Waals surface area contributed by atoms with Crippen LogP contribution >= 0.6 is 11.3 Å². The molecule has 2 aliphatic rings. The molecule has 4 heteroatoms. The number of nitrogens with one attached hydrogen (secondary N) is 1. The zero-order chi connectivity index (χ0) is 14.4. The molecule has 4 rings (SSSR count). The number of anilines is 1. The summed E-state index contributed by atoms with van der Waals surface area (Å²) in [4.78, 5) is 17.7. The fourth-order valence-electron chi connectivity index (χ4n) is 3.58. The first-order valence-electron chi connectivity index (χ1n) is 7.56. The van der Waals surface area contributed by atoms with Crippen molar-refractivity contribution in [3.8, 4) is 0 Å². The molecular weight excluding hydrogens is 280 g/mol. The SMILES string of the molecule is C[C@@H]1CCc2c(sc3c2[C@@H](c2ccncc2)CC(=O)N3)C1. The van der Waals surface area contributed by atoms with Crippen molar-refractivity contribution < 1.29 is 4.79 Å². The van der Waals surface area contributed by atoms with E-state index in [0.29, 0.717) is 6.42 Å². The monoisotopic (exact) mass is 298 g/mol. The second-order valence-electron chi connectivity index (χ2n) is 6.18. The van der Waals surface area contributed by atoms with E-state index in [1.807, 2.05) is 24.5 Å². The Kier molecular flexibility index (Phi) is 3.07.